The highest BCUT2D eigenvalue weighted by atomic mass is 35.5. The molecule has 0 bridgehead atoms. The summed E-state index contributed by atoms with van der Waals surface area (Å²) >= 11 is 6.37. The monoisotopic (exact) mass is 573 g/mol. The van der Waals surface area contributed by atoms with Crippen LogP contribution in [0.1, 0.15) is 45.7 Å². The molecule has 1 aliphatic heterocycles. The molecule has 2 heterocycles. The lowest BCUT2D eigenvalue weighted by Gasteiger charge is -2.24. The molecule has 0 fully saturated rings. The highest BCUT2D eigenvalue weighted by Gasteiger charge is 2.29. The minimum Gasteiger partial charge on any atom is -0.495 e. The number of anilines is 4. The van der Waals surface area contributed by atoms with E-state index in [4.69, 9.17) is 21.1 Å². The van der Waals surface area contributed by atoms with Crippen LogP contribution in [0.15, 0.2) is 47.5 Å². The number of rotatable bonds is 7. The first-order valence-electron chi connectivity index (χ1n) is 12.4. The minimum absolute atomic E-state index is 0.152. The molecule has 4 rings (SSSR count). The van der Waals surface area contributed by atoms with Crippen LogP contribution in [0.5, 0.6) is 5.75 Å². The van der Waals surface area contributed by atoms with Gasteiger partial charge in [-0.3, -0.25) is 4.90 Å². The van der Waals surface area contributed by atoms with Gasteiger partial charge in [-0.1, -0.05) is 23.7 Å². The Bertz CT molecular complexity index is 1500. The first-order valence-corrected chi connectivity index (χ1v) is 14.3. The number of para-hydroxylation sites is 1. The molecule has 12 heteroatoms. The van der Waals surface area contributed by atoms with Gasteiger partial charge < -0.3 is 20.1 Å². The third kappa shape index (κ3) is 6.36. The van der Waals surface area contributed by atoms with Crippen LogP contribution in [0.3, 0.4) is 0 Å². The van der Waals surface area contributed by atoms with Crippen molar-refractivity contribution >= 4 is 50.7 Å². The highest BCUT2D eigenvalue weighted by molar-refractivity contribution is 7.92. The van der Waals surface area contributed by atoms with Crippen molar-refractivity contribution in [2.24, 2.45) is 0 Å². The molecule has 2 N–H and O–H groups in total. The van der Waals surface area contributed by atoms with Crippen LogP contribution in [0, 0.1) is 0 Å². The van der Waals surface area contributed by atoms with E-state index in [1.807, 2.05) is 32.9 Å². The van der Waals surface area contributed by atoms with E-state index in [0.29, 0.717) is 30.2 Å². The summed E-state index contributed by atoms with van der Waals surface area (Å²) in [4.78, 5) is 23.1. The van der Waals surface area contributed by atoms with Crippen molar-refractivity contribution in [2.45, 2.75) is 63.5 Å². The quantitative estimate of drug-likeness (QED) is 0.347. The second kappa shape index (κ2) is 10.9. The number of benzene rings is 2. The zero-order chi connectivity index (χ0) is 28.5. The molecule has 39 heavy (non-hydrogen) atoms. The topological polar surface area (TPSA) is 123 Å². The standard InChI is InChI=1S/C27H32ClN5O5S/c1-16(2)39(35,36)23-10-8-7-9-20(23)30-24-19(28)13-29-25(32-24)31-21-11-17-14-33(26(34)38-27(3,4)5)15-18(17)12-22(21)37-6/h7-13,16H,14-15H2,1-6H3,(H2,29,30,31,32). The van der Waals surface area contributed by atoms with Crippen molar-refractivity contribution in [3.8, 4) is 5.75 Å². The van der Waals surface area contributed by atoms with Crippen LogP contribution in [-0.4, -0.2) is 47.3 Å². The van der Waals surface area contributed by atoms with Gasteiger partial charge in [0.05, 0.1) is 34.8 Å². The molecular weight excluding hydrogens is 542 g/mol. The van der Waals surface area contributed by atoms with E-state index in [-0.39, 0.29) is 27.8 Å². The molecule has 0 saturated carbocycles. The van der Waals surface area contributed by atoms with E-state index in [2.05, 4.69) is 20.6 Å². The third-order valence-corrected chi connectivity index (χ3v) is 8.44. The fraction of sp³-hybridized carbons (Fsp3) is 0.370. The van der Waals surface area contributed by atoms with E-state index >= 15 is 0 Å². The number of methoxy groups -OCH3 is 1. The summed E-state index contributed by atoms with van der Waals surface area (Å²) in [5.41, 5.74) is 2.25. The number of aromatic nitrogens is 2. The summed E-state index contributed by atoms with van der Waals surface area (Å²) in [5, 5.41) is 5.81. The number of amides is 1. The number of sulfone groups is 1. The molecule has 0 aliphatic carbocycles. The summed E-state index contributed by atoms with van der Waals surface area (Å²) in [5.74, 6) is 0.990. The van der Waals surface area contributed by atoms with Crippen molar-refractivity contribution in [2.75, 3.05) is 17.7 Å². The van der Waals surface area contributed by atoms with Crippen LogP contribution in [0.2, 0.25) is 5.02 Å². The predicted molar refractivity (Wildman–Crippen MR) is 151 cm³/mol. The summed E-state index contributed by atoms with van der Waals surface area (Å²) in [6, 6.07) is 10.3. The number of nitrogens with one attached hydrogen (secondary N) is 2. The molecule has 0 radical (unpaired) electrons. The normalized spacial score (nSPS) is 13.3. The van der Waals surface area contributed by atoms with Crippen LogP contribution < -0.4 is 15.4 Å². The Morgan fingerprint density at radius 3 is 2.38 bits per heavy atom. The van der Waals surface area contributed by atoms with E-state index < -0.39 is 20.7 Å². The number of nitrogens with zero attached hydrogens (tertiary/aromatic N) is 3. The predicted octanol–water partition coefficient (Wildman–Crippen LogP) is 6.06. The molecule has 208 valence electrons. The first kappa shape index (κ1) is 28.4. The highest BCUT2D eigenvalue weighted by Crippen LogP contribution is 2.36. The molecule has 1 amide bonds. The number of fused-ring (bicyclic) bond motifs is 1. The van der Waals surface area contributed by atoms with Gasteiger partial charge in [0.1, 0.15) is 16.4 Å². The van der Waals surface area contributed by atoms with Gasteiger partial charge in [-0.25, -0.2) is 18.2 Å². The van der Waals surface area contributed by atoms with E-state index in [1.165, 1.54) is 6.20 Å². The van der Waals surface area contributed by atoms with Crippen LogP contribution in [-0.2, 0) is 27.7 Å². The maximum Gasteiger partial charge on any atom is 0.410 e. The van der Waals surface area contributed by atoms with Gasteiger partial charge in [0.15, 0.2) is 15.7 Å². The molecule has 1 aromatic heterocycles. The lowest BCUT2D eigenvalue weighted by Crippen LogP contribution is -2.33. The van der Waals surface area contributed by atoms with E-state index in [1.54, 1.807) is 50.1 Å². The Morgan fingerprint density at radius 1 is 1.08 bits per heavy atom. The lowest BCUT2D eigenvalue weighted by atomic mass is 10.1. The summed E-state index contributed by atoms with van der Waals surface area (Å²) in [6.07, 6.45) is 1.03. The average Bonchev–Trinajstić information content (AvgIpc) is 3.28. The van der Waals surface area contributed by atoms with Gasteiger partial charge in [0.25, 0.3) is 0 Å². The van der Waals surface area contributed by atoms with Crippen LogP contribution in [0.4, 0.5) is 27.9 Å². The number of hydrogen-bond acceptors (Lipinski definition) is 9. The second-order valence-electron chi connectivity index (χ2n) is 10.4. The Labute approximate surface area is 233 Å². The SMILES string of the molecule is COc1cc2c(cc1Nc1ncc(Cl)c(Nc3ccccc3S(=O)(=O)C(C)C)n1)CN(C(=O)OC(C)(C)C)C2. The first-order chi connectivity index (χ1) is 18.3. The van der Waals surface area contributed by atoms with E-state index in [0.717, 1.165) is 11.1 Å². The van der Waals surface area contributed by atoms with Crippen molar-refractivity contribution in [3.63, 3.8) is 0 Å². The van der Waals surface area contributed by atoms with Gasteiger partial charge in [-0.2, -0.15) is 4.98 Å². The van der Waals surface area contributed by atoms with Crippen molar-refractivity contribution < 1.29 is 22.7 Å². The molecule has 0 unspecified atom stereocenters. The van der Waals surface area contributed by atoms with Crippen molar-refractivity contribution in [1.29, 1.82) is 0 Å². The molecule has 0 saturated heterocycles. The van der Waals surface area contributed by atoms with Gasteiger partial charge in [0.2, 0.25) is 5.95 Å². The van der Waals surface area contributed by atoms with E-state index in [9.17, 15) is 13.2 Å². The average molecular weight is 574 g/mol. The molecule has 10 nitrogen and oxygen atoms in total. The Kier molecular flexibility index (Phi) is 7.94. The molecule has 2 aromatic carbocycles. The van der Waals surface area contributed by atoms with Crippen molar-refractivity contribution in [1.82, 2.24) is 14.9 Å². The van der Waals surface area contributed by atoms with Gasteiger partial charge in [-0.15, -0.1) is 0 Å². The zero-order valence-electron chi connectivity index (χ0n) is 22.7. The molecule has 3 aromatic rings. The maximum absolute atomic E-state index is 12.9. The minimum atomic E-state index is -3.55. The van der Waals surface area contributed by atoms with Gasteiger partial charge in [-0.05, 0) is 70.0 Å². The Balaban J connectivity index is 1.59. The summed E-state index contributed by atoms with van der Waals surface area (Å²) in [7, 11) is -2.00. The third-order valence-electron chi connectivity index (χ3n) is 5.95. The molecule has 0 spiro atoms. The summed E-state index contributed by atoms with van der Waals surface area (Å²) in [6.45, 7) is 9.54. The van der Waals surface area contributed by atoms with Gasteiger partial charge in [0, 0.05) is 13.1 Å². The molecule has 1 aliphatic rings. The van der Waals surface area contributed by atoms with Crippen molar-refractivity contribution in [3.05, 3.63) is 58.7 Å². The smallest absolute Gasteiger partial charge is 0.410 e. The fourth-order valence-electron chi connectivity index (χ4n) is 3.99. The summed E-state index contributed by atoms with van der Waals surface area (Å²) < 4.78 is 36.8. The lowest BCUT2D eigenvalue weighted by molar-refractivity contribution is 0.0241. The fourth-order valence-corrected chi connectivity index (χ4v) is 5.33. The number of carbonyl (C=O) groups is 1. The zero-order valence-corrected chi connectivity index (χ0v) is 24.3. The Morgan fingerprint density at radius 2 is 1.74 bits per heavy atom. The molecule has 0 atom stereocenters. The Hall–Kier alpha value is -3.57. The number of halogens is 1. The largest absolute Gasteiger partial charge is 0.495 e. The van der Waals surface area contributed by atoms with Gasteiger partial charge >= 0.3 is 6.09 Å². The molecular formula is C27H32ClN5O5S. The number of ether oxygens (including phenoxy) is 2. The second-order valence-corrected chi connectivity index (χ2v) is 13.3. The van der Waals surface area contributed by atoms with Crippen LogP contribution >= 0.6 is 11.6 Å². The van der Waals surface area contributed by atoms with Crippen LogP contribution in [0.25, 0.3) is 0 Å². The number of carbonyl (C=O) groups excluding carboxylic acids is 1. The number of hydrogen-bond donors (Lipinski definition) is 2. The maximum atomic E-state index is 12.9.